The van der Waals surface area contributed by atoms with Gasteiger partial charge in [0.2, 0.25) is 0 Å². The molecule has 2 aromatic carbocycles. The molecule has 0 spiro atoms. The number of nitrogens with one attached hydrogen (secondary N) is 1. The molecule has 0 saturated carbocycles. The third-order valence-electron chi connectivity index (χ3n) is 3.20. The topological polar surface area (TPSA) is 24.4 Å². The summed E-state index contributed by atoms with van der Waals surface area (Å²) in [4.78, 5) is 4.65. The Bertz CT molecular complexity index is 596. The summed E-state index contributed by atoms with van der Waals surface area (Å²) in [5, 5.41) is 4.54. The molecular weight excluding hydrogens is 332 g/mol. The maximum atomic E-state index is 4.65. The average molecular weight is 347 g/mol. The minimum atomic E-state index is 0.380. The summed E-state index contributed by atoms with van der Waals surface area (Å²) in [5.41, 5.74) is 2.56. The lowest BCUT2D eigenvalue weighted by Crippen LogP contribution is -2.19. The van der Waals surface area contributed by atoms with Gasteiger partial charge in [-0.3, -0.25) is 4.99 Å². The summed E-state index contributed by atoms with van der Waals surface area (Å²) in [6, 6.07) is 19.2. The number of hydrogen-bond donors (Lipinski definition) is 1. The van der Waals surface area contributed by atoms with Crippen molar-refractivity contribution in [2.45, 2.75) is 12.6 Å². The van der Waals surface area contributed by atoms with Crippen LogP contribution in [0.15, 0.2) is 64.1 Å². The van der Waals surface area contributed by atoms with E-state index in [1.54, 1.807) is 11.8 Å². The van der Waals surface area contributed by atoms with Crippen LogP contribution in [0.2, 0.25) is 0 Å². The van der Waals surface area contributed by atoms with Crippen LogP contribution in [0.3, 0.4) is 0 Å². The van der Waals surface area contributed by atoms with Crippen molar-refractivity contribution in [2.24, 2.45) is 4.99 Å². The van der Waals surface area contributed by atoms with E-state index in [9.17, 15) is 0 Å². The molecule has 1 aliphatic heterocycles. The second-order valence-electron chi connectivity index (χ2n) is 4.67. The van der Waals surface area contributed by atoms with E-state index in [-0.39, 0.29) is 0 Å². The van der Waals surface area contributed by atoms with Gasteiger partial charge in [0, 0.05) is 10.2 Å². The Morgan fingerprint density at radius 2 is 1.85 bits per heavy atom. The van der Waals surface area contributed by atoms with E-state index in [2.05, 4.69) is 74.8 Å². The highest BCUT2D eigenvalue weighted by molar-refractivity contribution is 9.10. The smallest absolute Gasteiger partial charge is 0.157 e. The Balaban J connectivity index is 1.62. The van der Waals surface area contributed by atoms with Gasteiger partial charge >= 0.3 is 0 Å². The molecule has 2 nitrogen and oxygen atoms in total. The summed E-state index contributed by atoms with van der Waals surface area (Å²) in [7, 11) is 0. The molecule has 0 aromatic heterocycles. The van der Waals surface area contributed by atoms with Gasteiger partial charge in [0.1, 0.15) is 0 Å². The van der Waals surface area contributed by atoms with Gasteiger partial charge in [-0.05, 0) is 23.3 Å². The van der Waals surface area contributed by atoms with Gasteiger partial charge in [-0.2, -0.15) is 0 Å². The predicted molar refractivity (Wildman–Crippen MR) is 90.1 cm³/mol. The number of hydrogen-bond acceptors (Lipinski definition) is 2. The summed E-state index contributed by atoms with van der Waals surface area (Å²) < 4.78 is 1.10. The molecule has 0 amide bonds. The Kier molecular flexibility index (Phi) is 4.43. The van der Waals surface area contributed by atoms with Crippen molar-refractivity contribution in [2.75, 3.05) is 5.75 Å². The van der Waals surface area contributed by atoms with Crippen LogP contribution in [0.1, 0.15) is 17.2 Å². The quantitative estimate of drug-likeness (QED) is 0.891. The molecule has 102 valence electrons. The first-order chi connectivity index (χ1) is 9.81. The molecule has 4 heteroatoms. The monoisotopic (exact) mass is 346 g/mol. The van der Waals surface area contributed by atoms with Crippen LogP contribution in [-0.4, -0.2) is 10.9 Å². The van der Waals surface area contributed by atoms with Crippen molar-refractivity contribution in [3.63, 3.8) is 0 Å². The highest BCUT2D eigenvalue weighted by atomic mass is 79.9. The number of thioether (sulfide) groups is 1. The highest BCUT2D eigenvalue weighted by Gasteiger charge is 2.21. The van der Waals surface area contributed by atoms with Crippen molar-refractivity contribution >= 4 is 32.9 Å². The maximum Gasteiger partial charge on any atom is 0.157 e. The molecule has 1 atom stereocenters. The van der Waals surface area contributed by atoms with Crippen LogP contribution in [0.4, 0.5) is 0 Å². The normalized spacial score (nSPS) is 20.1. The molecule has 1 fully saturated rings. The van der Waals surface area contributed by atoms with Crippen LogP contribution >= 0.6 is 27.7 Å². The number of rotatable bonds is 3. The van der Waals surface area contributed by atoms with Gasteiger partial charge in [-0.25, -0.2) is 0 Å². The molecule has 0 radical (unpaired) electrons. The predicted octanol–water partition coefficient (Wildman–Crippen LogP) is 4.38. The molecule has 1 aliphatic rings. The first-order valence-electron chi connectivity index (χ1n) is 6.54. The standard InChI is InChI=1S/C16H15BrN2S/c17-14-8-6-12(7-9-14)10-18-16-19-15(11-20-16)13-4-2-1-3-5-13/h1-9,15H,10-11H2,(H,18,19). The Labute approximate surface area is 131 Å². The van der Waals surface area contributed by atoms with Crippen molar-refractivity contribution < 1.29 is 0 Å². The summed E-state index contributed by atoms with van der Waals surface area (Å²) in [6.45, 7) is 0.726. The zero-order chi connectivity index (χ0) is 13.8. The average Bonchev–Trinajstić information content (AvgIpc) is 2.97. The third kappa shape index (κ3) is 3.44. The van der Waals surface area contributed by atoms with Crippen LogP contribution in [0.5, 0.6) is 0 Å². The van der Waals surface area contributed by atoms with Gasteiger partial charge in [-0.15, -0.1) is 0 Å². The number of amidine groups is 1. The van der Waals surface area contributed by atoms with E-state index in [1.807, 2.05) is 6.07 Å². The van der Waals surface area contributed by atoms with Crippen LogP contribution in [0, 0.1) is 0 Å². The fourth-order valence-corrected chi connectivity index (χ4v) is 3.35. The lowest BCUT2D eigenvalue weighted by Gasteiger charge is -2.09. The van der Waals surface area contributed by atoms with E-state index < -0.39 is 0 Å². The van der Waals surface area contributed by atoms with Gasteiger partial charge in [0.05, 0.1) is 12.6 Å². The minimum absolute atomic E-state index is 0.380. The molecule has 20 heavy (non-hydrogen) atoms. The lowest BCUT2D eigenvalue weighted by molar-refractivity contribution is 0.748. The van der Waals surface area contributed by atoms with Crippen molar-refractivity contribution in [1.82, 2.24) is 5.32 Å². The Morgan fingerprint density at radius 1 is 1.10 bits per heavy atom. The van der Waals surface area contributed by atoms with Crippen LogP contribution < -0.4 is 5.32 Å². The largest absolute Gasteiger partial charge is 0.357 e. The van der Waals surface area contributed by atoms with Crippen LogP contribution in [0.25, 0.3) is 0 Å². The van der Waals surface area contributed by atoms with E-state index in [1.165, 1.54) is 11.1 Å². The Hall–Kier alpha value is -1.26. The van der Waals surface area contributed by atoms with Gasteiger partial charge < -0.3 is 5.32 Å². The maximum absolute atomic E-state index is 4.65. The molecular formula is C16H15BrN2S. The molecule has 1 saturated heterocycles. The number of aliphatic imine (C=N–C) groups is 1. The fourth-order valence-electron chi connectivity index (χ4n) is 2.10. The first kappa shape index (κ1) is 13.7. The van der Waals surface area contributed by atoms with Crippen LogP contribution in [-0.2, 0) is 6.54 Å². The number of halogens is 1. The molecule has 3 rings (SSSR count). The lowest BCUT2D eigenvalue weighted by atomic mass is 10.1. The van der Waals surface area contributed by atoms with Gasteiger partial charge in [0.25, 0.3) is 0 Å². The highest BCUT2D eigenvalue weighted by Crippen LogP contribution is 2.26. The van der Waals surface area contributed by atoms with E-state index in [0.29, 0.717) is 6.04 Å². The zero-order valence-electron chi connectivity index (χ0n) is 10.9. The van der Waals surface area contributed by atoms with Gasteiger partial charge in [0.15, 0.2) is 5.17 Å². The minimum Gasteiger partial charge on any atom is -0.357 e. The molecule has 2 aromatic rings. The molecule has 0 aliphatic carbocycles. The molecule has 1 unspecified atom stereocenters. The molecule has 1 heterocycles. The van der Waals surface area contributed by atoms with Gasteiger partial charge in [-0.1, -0.05) is 70.2 Å². The third-order valence-corrected chi connectivity index (χ3v) is 4.75. The van der Waals surface area contributed by atoms with Crippen molar-refractivity contribution in [3.8, 4) is 0 Å². The summed E-state index contributed by atoms with van der Waals surface area (Å²) in [5.74, 6) is 1.04. The second-order valence-corrected chi connectivity index (χ2v) is 6.59. The zero-order valence-corrected chi connectivity index (χ0v) is 13.3. The number of nitrogens with zero attached hydrogens (tertiary/aromatic N) is 1. The fraction of sp³-hybridized carbons (Fsp3) is 0.188. The summed E-state index contributed by atoms with van der Waals surface area (Å²) >= 11 is 5.24. The van der Waals surface area contributed by atoms with E-state index >= 15 is 0 Å². The Morgan fingerprint density at radius 3 is 2.60 bits per heavy atom. The first-order valence-corrected chi connectivity index (χ1v) is 8.32. The van der Waals surface area contributed by atoms with Crippen molar-refractivity contribution in [3.05, 3.63) is 70.2 Å². The SMILES string of the molecule is Brc1ccc(CN=C2NC(c3ccccc3)CS2)cc1. The summed E-state index contributed by atoms with van der Waals surface area (Å²) in [6.07, 6.45) is 0. The van der Waals surface area contributed by atoms with Crippen molar-refractivity contribution in [1.29, 1.82) is 0 Å². The molecule has 0 bridgehead atoms. The van der Waals surface area contributed by atoms with E-state index in [0.717, 1.165) is 21.9 Å². The molecule has 1 N–H and O–H groups in total. The second kappa shape index (κ2) is 6.46. The van der Waals surface area contributed by atoms with E-state index in [4.69, 9.17) is 0 Å². The number of benzene rings is 2.